The Labute approximate surface area is 102 Å². The highest BCUT2D eigenvalue weighted by Gasteiger charge is 2.10. The zero-order valence-corrected chi connectivity index (χ0v) is 10.4. The first-order valence-corrected chi connectivity index (χ1v) is 5.58. The standard InChI is InChI=1S/C14H18O3/c1-4-8-17-14(15)10-12-7-9-16-13(12)6-5-11(2)3/h4-5,7,9H,1,6,8,10H2,2-3H3. The number of hydrogen-bond acceptors (Lipinski definition) is 3. The SMILES string of the molecule is C=CCOC(=O)Cc1ccoc1CC=C(C)C. The minimum atomic E-state index is -0.259. The highest BCUT2D eigenvalue weighted by atomic mass is 16.5. The molecule has 0 aliphatic carbocycles. The fraction of sp³-hybridized carbons (Fsp3) is 0.357. The van der Waals surface area contributed by atoms with Gasteiger partial charge < -0.3 is 9.15 Å². The maximum atomic E-state index is 11.4. The molecule has 0 aromatic carbocycles. The molecule has 0 atom stereocenters. The molecule has 0 fully saturated rings. The van der Waals surface area contributed by atoms with Crippen molar-refractivity contribution in [1.82, 2.24) is 0 Å². The molecular weight excluding hydrogens is 216 g/mol. The Morgan fingerprint density at radius 3 is 2.94 bits per heavy atom. The molecule has 0 aliphatic heterocycles. The van der Waals surface area contributed by atoms with E-state index in [0.29, 0.717) is 6.42 Å². The fourth-order valence-electron chi connectivity index (χ4n) is 1.36. The number of hydrogen-bond donors (Lipinski definition) is 0. The van der Waals surface area contributed by atoms with Gasteiger partial charge in [0, 0.05) is 12.0 Å². The van der Waals surface area contributed by atoms with Gasteiger partial charge in [-0.25, -0.2) is 0 Å². The van der Waals surface area contributed by atoms with Crippen molar-refractivity contribution in [2.75, 3.05) is 6.61 Å². The maximum Gasteiger partial charge on any atom is 0.310 e. The second-order valence-electron chi connectivity index (χ2n) is 4.00. The third kappa shape index (κ3) is 4.72. The first-order valence-electron chi connectivity index (χ1n) is 5.58. The number of esters is 1. The number of ether oxygens (including phenoxy) is 1. The van der Waals surface area contributed by atoms with Gasteiger partial charge >= 0.3 is 5.97 Å². The largest absolute Gasteiger partial charge is 0.469 e. The summed E-state index contributed by atoms with van der Waals surface area (Å²) in [5.74, 6) is 0.562. The van der Waals surface area contributed by atoms with Crippen LogP contribution in [0.5, 0.6) is 0 Å². The van der Waals surface area contributed by atoms with E-state index in [9.17, 15) is 4.79 Å². The topological polar surface area (TPSA) is 39.4 Å². The van der Waals surface area contributed by atoms with E-state index in [2.05, 4.69) is 12.7 Å². The van der Waals surface area contributed by atoms with Gasteiger partial charge in [-0.2, -0.15) is 0 Å². The van der Waals surface area contributed by atoms with Crippen molar-refractivity contribution < 1.29 is 13.9 Å². The van der Waals surface area contributed by atoms with Crippen molar-refractivity contribution in [1.29, 1.82) is 0 Å². The lowest BCUT2D eigenvalue weighted by atomic mass is 10.1. The number of carbonyl (C=O) groups excluding carboxylic acids is 1. The van der Waals surface area contributed by atoms with E-state index in [4.69, 9.17) is 9.15 Å². The molecule has 0 N–H and O–H groups in total. The predicted octanol–water partition coefficient (Wildman–Crippen LogP) is 3.06. The average Bonchev–Trinajstić information content (AvgIpc) is 2.71. The van der Waals surface area contributed by atoms with Crippen LogP contribution >= 0.6 is 0 Å². The van der Waals surface area contributed by atoms with Crippen molar-refractivity contribution in [3.05, 3.63) is 48.0 Å². The number of carbonyl (C=O) groups is 1. The van der Waals surface area contributed by atoms with Crippen molar-refractivity contribution in [3.8, 4) is 0 Å². The molecule has 1 heterocycles. The van der Waals surface area contributed by atoms with E-state index >= 15 is 0 Å². The lowest BCUT2D eigenvalue weighted by Crippen LogP contribution is -2.08. The van der Waals surface area contributed by atoms with Gasteiger partial charge in [0.25, 0.3) is 0 Å². The second-order valence-corrected chi connectivity index (χ2v) is 4.00. The Kier molecular flexibility index (Phi) is 5.27. The molecule has 0 bridgehead atoms. The molecule has 0 spiro atoms. The van der Waals surface area contributed by atoms with E-state index in [1.165, 1.54) is 5.57 Å². The molecule has 0 amide bonds. The highest BCUT2D eigenvalue weighted by Crippen LogP contribution is 2.14. The van der Waals surface area contributed by atoms with Crippen LogP contribution in [0.15, 0.2) is 41.1 Å². The Hall–Kier alpha value is -1.77. The Morgan fingerprint density at radius 2 is 2.29 bits per heavy atom. The van der Waals surface area contributed by atoms with E-state index in [-0.39, 0.29) is 19.0 Å². The Balaban J connectivity index is 2.59. The lowest BCUT2D eigenvalue weighted by Gasteiger charge is -2.01. The molecule has 0 saturated carbocycles. The van der Waals surface area contributed by atoms with Gasteiger partial charge in [-0.05, 0) is 19.9 Å². The molecule has 0 radical (unpaired) electrons. The third-order valence-electron chi connectivity index (χ3n) is 2.23. The van der Waals surface area contributed by atoms with Gasteiger partial charge in [0.05, 0.1) is 12.7 Å². The minimum absolute atomic E-state index is 0.246. The monoisotopic (exact) mass is 234 g/mol. The van der Waals surface area contributed by atoms with Crippen LogP contribution in [0.25, 0.3) is 0 Å². The number of rotatable bonds is 6. The molecule has 0 aliphatic rings. The molecule has 3 nitrogen and oxygen atoms in total. The Morgan fingerprint density at radius 1 is 1.53 bits per heavy atom. The summed E-state index contributed by atoms with van der Waals surface area (Å²) in [6.45, 7) is 7.80. The molecule has 0 unspecified atom stereocenters. The summed E-state index contributed by atoms with van der Waals surface area (Å²) in [4.78, 5) is 11.4. The molecule has 17 heavy (non-hydrogen) atoms. The van der Waals surface area contributed by atoms with Gasteiger partial charge in [-0.3, -0.25) is 4.79 Å². The zero-order chi connectivity index (χ0) is 12.7. The summed E-state index contributed by atoms with van der Waals surface area (Å²) in [5, 5.41) is 0. The molecule has 1 rings (SSSR count). The van der Waals surface area contributed by atoms with Crippen molar-refractivity contribution in [3.63, 3.8) is 0 Å². The molecule has 1 aromatic heterocycles. The summed E-state index contributed by atoms with van der Waals surface area (Å²) in [7, 11) is 0. The first-order chi connectivity index (χ1) is 8.13. The predicted molar refractivity (Wildman–Crippen MR) is 66.7 cm³/mol. The third-order valence-corrected chi connectivity index (χ3v) is 2.23. The molecule has 1 aromatic rings. The van der Waals surface area contributed by atoms with E-state index in [1.807, 2.05) is 19.9 Å². The fourth-order valence-corrected chi connectivity index (χ4v) is 1.36. The van der Waals surface area contributed by atoms with Crippen molar-refractivity contribution >= 4 is 5.97 Å². The minimum Gasteiger partial charge on any atom is -0.469 e. The maximum absolute atomic E-state index is 11.4. The smallest absolute Gasteiger partial charge is 0.310 e. The van der Waals surface area contributed by atoms with Crippen molar-refractivity contribution in [2.45, 2.75) is 26.7 Å². The number of allylic oxidation sites excluding steroid dienone is 2. The molecule has 92 valence electrons. The van der Waals surface area contributed by atoms with Crippen molar-refractivity contribution in [2.24, 2.45) is 0 Å². The summed E-state index contributed by atoms with van der Waals surface area (Å²) >= 11 is 0. The summed E-state index contributed by atoms with van der Waals surface area (Å²) in [6, 6.07) is 1.81. The molecule has 3 heteroatoms. The van der Waals surface area contributed by atoms with Gasteiger partial charge in [-0.15, -0.1) is 0 Å². The van der Waals surface area contributed by atoms with E-state index < -0.39 is 0 Å². The van der Waals surface area contributed by atoms with Crippen LogP contribution < -0.4 is 0 Å². The average molecular weight is 234 g/mol. The van der Waals surface area contributed by atoms with Crippen LogP contribution in [0, 0.1) is 0 Å². The van der Waals surface area contributed by atoms with Gasteiger partial charge in [-0.1, -0.05) is 24.3 Å². The van der Waals surface area contributed by atoms with Gasteiger partial charge in [0.15, 0.2) is 0 Å². The van der Waals surface area contributed by atoms with Crippen LogP contribution in [0.1, 0.15) is 25.2 Å². The van der Waals surface area contributed by atoms with Crippen LogP contribution in [-0.2, 0) is 22.4 Å². The summed E-state index contributed by atoms with van der Waals surface area (Å²) in [6.07, 6.45) is 6.18. The zero-order valence-electron chi connectivity index (χ0n) is 10.4. The van der Waals surface area contributed by atoms with E-state index in [0.717, 1.165) is 11.3 Å². The van der Waals surface area contributed by atoms with Crippen LogP contribution in [0.2, 0.25) is 0 Å². The molecular formula is C14H18O3. The Bertz CT molecular complexity index is 409. The van der Waals surface area contributed by atoms with E-state index in [1.54, 1.807) is 12.3 Å². The van der Waals surface area contributed by atoms with Crippen LogP contribution in [0.4, 0.5) is 0 Å². The highest BCUT2D eigenvalue weighted by molar-refractivity contribution is 5.72. The van der Waals surface area contributed by atoms with Gasteiger partial charge in [0.2, 0.25) is 0 Å². The number of furan rings is 1. The quantitative estimate of drug-likeness (QED) is 0.561. The summed E-state index contributed by atoms with van der Waals surface area (Å²) < 4.78 is 10.3. The second kappa shape index (κ2) is 6.74. The van der Waals surface area contributed by atoms with Gasteiger partial charge in [0.1, 0.15) is 12.4 Å². The van der Waals surface area contributed by atoms with Crippen LogP contribution in [0.3, 0.4) is 0 Å². The lowest BCUT2D eigenvalue weighted by molar-refractivity contribution is -0.141. The molecule has 0 saturated heterocycles. The normalized spacial score (nSPS) is 9.76. The first kappa shape index (κ1) is 13.3. The van der Waals surface area contributed by atoms with Crippen LogP contribution in [-0.4, -0.2) is 12.6 Å². The summed E-state index contributed by atoms with van der Waals surface area (Å²) in [5.41, 5.74) is 2.11.